The van der Waals surface area contributed by atoms with Crippen LogP contribution in [-0.2, 0) is 16.1 Å². The lowest BCUT2D eigenvalue weighted by molar-refractivity contribution is -0.138. The Balaban J connectivity index is 1.72. The molecule has 0 aliphatic carbocycles. The van der Waals surface area contributed by atoms with Crippen molar-refractivity contribution in [2.24, 2.45) is 4.99 Å². The maximum Gasteiger partial charge on any atom is 0.328 e. The number of urea groups is 1. The molecular weight excluding hydrogens is 408 g/mol. The topological polar surface area (TPSA) is 83.3 Å². The Hall–Kier alpha value is -3.20. The number of rotatable bonds is 6. The molecule has 2 unspecified atom stereocenters. The summed E-state index contributed by atoms with van der Waals surface area (Å²) in [5.74, 6) is 0.316. The van der Waals surface area contributed by atoms with Crippen LogP contribution in [0.15, 0.2) is 35.3 Å². The van der Waals surface area contributed by atoms with Crippen LogP contribution in [0.25, 0.3) is 0 Å². The van der Waals surface area contributed by atoms with E-state index in [-0.39, 0.29) is 18.5 Å². The molecule has 4 rings (SSSR count). The van der Waals surface area contributed by atoms with Gasteiger partial charge in [-0.25, -0.2) is 14.5 Å². The number of aryl methyl sites for hydroxylation is 3. The minimum Gasteiger partial charge on any atom is -0.380 e. The predicted octanol–water partition coefficient (Wildman–Crippen LogP) is 2.15. The van der Waals surface area contributed by atoms with Gasteiger partial charge in [0.15, 0.2) is 12.2 Å². The third-order valence-corrected chi connectivity index (χ3v) is 5.91. The molecule has 1 aromatic heterocycles. The SMILES string of the molecule is CCOCCN1C(=O)C2C(N=C(n3nc(C)cc3C)N2Cc2ccc(C)cc2)N(C)C1=O. The highest BCUT2D eigenvalue weighted by atomic mass is 16.5. The molecule has 9 heteroatoms. The Bertz CT molecular complexity index is 1040. The first kappa shape index (κ1) is 22.0. The number of likely N-dealkylation sites (N-methyl/N-ethyl adjacent to an activating group) is 1. The van der Waals surface area contributed by atoms with Crippen molar-refractivity contribution < 1.29 is 14.3 Å². The van der Waals surface area contributed by atoms with Gasteiger partial charge < -0.3 is 14.5 Å². The summed E-state index contributed by atoms with van der Waals surface area (Å²) in [6, 6.07) is 9.20. The average Bonchev–Trinajstić information content (AvgIpc) is 3.30. The molecule has 1 saturated heterocycles. The molecule has 0 N–H and O–H groups in total. The molecule has 0 saturated carbocycles. The van der Waals surface area contributed by atoms with E-state index in [1.807, 2.05) is 38.7 Å². The Morgan fingerprint density at radius 2 is 1.81 bits per heavy atom. The monoisotopic (exact) mass is 438 g/mol. The number of amides is 3. The molecule has 2 atom stereocenters. The first-order valence-electron chi connectivity index (χ1n) is 10.9. The summed E-state index contributed by atoms with van der Waals surface area (Å²) in [6.07, 6.45) is -0.609. The summed E-state index contributed by atoms with van der Waals surface area (Å²) in [5, 5.41) is 4.60. The van der Waals surface area contributed by atoms with E-state index >= 15 is 0 Å². The molecule has 9 nitrogen and oxygen atoms in total. The number of imide groups is 1. The lowest BCUT2D eigenvalue weighted by Crippen LogP contribution is -2.65. The van der Waals surface area contributed by atoms with Gasteiger partial charge in [-0.15, -0.1) is 0 Å². The molecule has 3 amide bonds. The molecule has 2 aromatic rings. The summed E-state index contributed by atoms with van der Waals surface area (Å²) in [5.41, 5.74) is 4.01. The molecule has 0 spiro atoms. The van der Waals surface area contributed by atoms with Gasteiger partial charge in [-0.2, -0.15) is 5.10 Å². The van der Waals surface area contributed by atoms with Crippen LogP contribution in [-0.4, -0.2) is 81.4 Å². The number of nitrogens with zero attached hydrogens (tertiary/aromatic N) is 6. The van der Waals surface area contributed by atoms with Crippen LogP contribution < -0.4 is 0 Å². The number of carbonyl (C=O) groups is 2. The number of aromatic nitrogens is 2. The molecule has 0 radical (unpaired) electrons. The van der Waals surface area contributed by atoms with Crippen molar-refractivity contribution in [2.75, 3.05) is 26.8 Å². The Kier molecular flexibility index (Phi) is 6.01. The fraction of sp³-hybridized carbons (Fsp3) is 0.478. The zero-order valence-electron chi connectivity index (χ0n) is 19.3. The number of carbonyl (C=O) groups excluding carboxylic acids is 2. The van der Waals surface area contributed by atoms with E-state index in [2.05, 4.69) is 29.4 Å². The summed E-state index contributed by atoms with van der Waals surface area (Å²) in [4.78, 5) is 36.1. The Labute approximate surface area is 188 Å². The number of hydrogen-bond acceptors (Lipinski definition) is 6. The van der Waals surface area contributed by atoms with Crippen LogP contribution in [0, 0.1) is 20.8 Å². The van der Waals surface area contributed by atoms with Gasteiger partial charge in [0, 0.05) is 25.9 Å². The predicted molar refractivity (Wildman–Crippen MR) is 120 cm³/mol. The molecule has 2 aliphatic heterocycles. The van der Waals surface area contributed by atoms with Gasteiger partial charge in [0.25, 0.3) is 5.91 Å². The van der Waals surface area contributed by atoms with Crippen LogP contribution in [0.3, 0.4) is 0 Å². The largest absolute Gasteiger partial charge is 0.380 e. The second-order valence-corrected chi connectivity index (χ2v) is 8.32. The van der Waals surface area contributed by atoms with Crippen molar-refractivity contribution in [1.29, 1.82) is 0 Å². The first-order chi connectivity index (χ1) is 15.3. The van der Waals surface area contributed by atoms with Crippen LogP contribution in [0.2, 0.25) is 0 Å². The minimum atomic E-state index is -0.625. The number of benzene rings is 1. The van der Waals surface area contributed by atoms with E-state index < -0.39 is 12.2 Å². The Morgan fingerprint density at radius 3 is 2.44 bits per heavy atom. The summed E-state index contributed by atoms with van der Waals surface area (Å²) in [7, 11) is 1.69. The van der Waals surface area contributed by atoms with Crippen molar-refractivity contribution >= 4 is 17.9 Å². The lowest BCUT2D eigenvalue weighted by Gasteiger charge is -2.41. The summed E-state index contributed by atoms with van der Waals surface area (Å²) >= 11 is 0. The summed E-state index contributed by atoms with van der Waals surface area (Å²) < 4.78 is 7.16. The van der Waals surface area contributed by atoms with E-state index in [9.17, 15) is 9.59 Å². The van der Waals surface area contributed by atoms with E-state index in [0.29, 0.717) is 25.7 Å². The molecule has 1 aromatic carbocycles. The quantitative estimate of drug-likeness (QED) is 0.646. The fourth-order valence-electron chi connectivity index (χ4n) is 4.24. The fourth-order valence-corrected chi connectivity index (χ4v) is 4.24. The molecule has 170 valence electrons. The second kappa shape index (κ2) is 8.74. The maximum atomic E-state index is 13.6. The van der Waals surface area contributed by atoms with Crippen molar-refractivity contribution in [3.63, 3.8) is 0 Å². The molecular formula is C23H30N6O3. The average molecular weight is 439 g/mol. The zero-order valence-corrected chi connectivity index (χ0v) is 19.3. The van der Waals surface area contributed by atoms with Crippen LogP contribution >= 0.6 is 0 Å². The van der Waals surface area contributed by atoms with Crippen LogP contribution in [0.5, 0.6) is 0 Å². The van der Waals surface area contributed by atoms with Gasteiger partial charge in [-0.1, -0.05) is 29.8 Å². The number of ether oxygens (including phenoxy) is 1. The molecule has 3 heterocycles. The van der Waals surface area contributed by atoms with Crippen molar-refractivity contribution in [3.05, 3.63) is 52.8 Å². The standard InChI is InChI=1S/C23H30N6O3/c1-6-32-12-11-27-21(30)19-20(26(5)23(27)31)24-22(29-17(4)13-16(3)25-29)28(19)14-18-9-7-15(2)8-10-18/h7-10,13,19-20H,6,11-12,14H2,1-5H3. The van der Waals surface area contributed by atoms with E-state index in [1.54, 1.807) is 16.6 Å². The van der Waals surface area contributed by atoms with E-state index in [1.165, 1.54) is 10.5 Å². The van der Waals surface area contributed by atoms with Gasteiger partial charge in [-0.05, 0) is 39.3 Å². The van der Waals surface area contributed by atoms with Crippen LogP contribution in [0.4, 0.5) is 4.79 Å². The maximum absolute atomic E-state index is 13.6. The number of aliphatic imine (C=N–C) groups is 1. The van der Waals surface area contributed by atoms with Gasteiger partial charge in [0.1, 0.15) is 0 Å². The highest BCUT2D eigenvalue weighted by molar-refractivity contribution is 6.04. The highest BCUT2D eigenvalue weighted by Gasteiger charge is 2.52. The van der Waals surface area contributed by atoms with Crippen molar-refractivity contribution in [3.8, 4) is 0 Å². The van der Waals surface area contributed by atoms with Crippen molar-refractivity contribution in [2.45, 2.75) is 46.4 Å². The van der Waals surface area contributed by atoms with Gasteiger partial charge in [0.05, 0.1) is 18.8 Å². The highest BCUT2D eigenvalue weighted by Crippen LogP contribution is 2.30. The molecule has 0 bridgehead atoms. The van der Waals surface area contributed by atoms with Crippen molar-refractivity contribution in [1.82, 2.24) is 24.5 Å². The molecule has 1 fully saturated rings. The third-order valence-electron chi connectivity index (χ3n) is 5.91. The van der Waals surface area contributed by atoms with E-state index in [4.69, 9.17) is 9.73 Å². The summed E-state index contributed by atoms with van der Waals surface area (Å²) in [6.45, 7) is 9.34. The second-order valence-electron chi connectivity index (χ2n) is 8.32. The number of fused-ring (bicyclic) bond motifs is 1. The number of hydrogen-bond donors (Lipinski definition) is 0. The first-order valence-corrected chi connectivity index (χ1v) is 10.9. The van der Waals surface area contributed by atoms with E-state index in [0.717, 1.165) is 17.0 Å². The lowest BCUT2D eigenvalue weighted by atomic mass is 10.1. The van der Waals surface area contributed by atoms with Gasteiger partial charge in [-0.3, -0.25) is 9.69 Å². The Morgan fingerprint density at radius 1 is 1.09 bits per heavy atom. The smallest absolute Gasteiger partial charge is 0.328 e. The minimum absolute atomic E-state index is 0.215. The van der Waals surface area contributed by atoms with Gasteiger partial charge in [0.2, 0.25) is 5.96 Å². The third kappa shape index (κ3) is 3.88. The van der Waals surface area contributed by atoms with Gasteiger partial charge >= 0.3 is 6.03 Å². The normalized spacial score (nSPS) is 20.8. The molecule has 2 aliphatic rings. The molecule has 32 heavy (non-hydrogen) atoms. The van der Waals surface area contributed by atoms with Crippen LogP contribution in [0.1, 0.15) is 29.4 Å². The zero-order chi connectivity index (χ0) is 23.0.